The van der Waals surface area contributed by atoms with Crippen molar-refractivity contribution in [2.75, 3.05) is 40.6 Å². The van der Waals surface area contributed by atoms with Crippen molar-refractivity contribution in [3.05, 3.63) is 267 Å². The summed E-state index contributed by atoms with van der Waals surface area (Å²) in [6.45, 7) is 16.3. The first-order valence-corrected chi connectivity index (χ1v) is 35.8. The highest BCUT2D eigenvalue weighted by atomic mass is 79.9. The van der Waals surface area contributed by atoms with Gasteiger partial charge >= 0.3 is 0 Å². The van der Waals surface area contributed by atoms with Crippen LogP contribution in [0.5, 0.6) is 11.5 Å². The number of hydrogen-bond acceptors (Lipinski definition) is 13. The van der Waals surface area contributed by atoms with Gasteiger partial charge in [0.15, 0.2) is 5.69 Å². The maximum atomic E-state index is 14.0. The second-order valence-electron chi connectivity index (χ2n) is 23.8. The molecule has 8 aromatic carbocycles. The van der Waals surface area contributed by atoms with E-state index in [1.54, 1.807) is 89.4 Å². The largest absolute Gasteiger partial charge is 0.495 e. The Kier molecular flexibility index (Phi) is 23.0. The van der Waals surface area contributed by atoms with Crippen LogP contribution in [0.15, 0.2) is 226 Å². The molecule has 0 spiro atoms. The van der Waals surface area contributed by atoms with Crippen molar-refractivity contribution >= 4 is 62.6 Å². The van der Waals surface area contributed by atoms with Crippen LogP contribution in [-0.2, 0) is 101 Å². The Labute approximate surface area is 560 Å². The molecule has 0 radical (unpaired) electrons. The van der Waals surface area contributed by atoms with E-state index in [2.05, 4.69) is 25.8 Å². The minimum atomic E-state index is -3.90. The molecule has 17 nitrogen and oxygen atoms in total. The fourth-order valence-electron chi connectivity index (χ4n) is 11.5. The van der Waals surface area contributed by atoms with Crippen molar-refractivity contribution in [1.29, 1.82) is 0 Å². The third kappa shape index (κ3) is 16.9. The van der Waals surface area contributed by atoms with E-state index in [4.69, 9.17) is 35.0 Å². The number of para-hydroxylation sites is 3. The Hall–Kier alpha value is -7.69. The highest BCUT2D eigenvalue weighted by molar-refractivity contribution is 9.10. The van der Waals surface area contributed by atoms with Crippen LogP contribution in [0.2, 0.25) is 0 Å². The van der Waals surface area contributed by atoms with E-state index >= 15 is 0 Å². The van der Waals surface area contributed by atoms with Crippen molar-refractivity contribution in [1.82, 2.24) is 17.9 Å². The van der Waals surface area contributed by atoms with Gasteiger partial charge in [-0.25, -0.2) is 30.1 Å². The number of nitrogens with zero attached hydrogens (tertiary/aromatic N) is 5. The Morgan fingerprint density at radius 2 is 0.904 bits per heavy atom. The predicted molar refractivity (Wildman–Crippen MR) is 366 cm³/mol. The minimum absolute atomic E-state index is 0.125. The van der Waals surface area contributed by atoms with Crippen molar-refractivity contribution in [2.24, 2.45) is 0 Å². The van der Waals surface area contributed by atoms with Gasteiger partial charge in [0, 0.05) is 35.7 Å². The summed E-state index contributed by atoms with van der Waals surface area (Å²) < 4.78 is 124. The number of methoxy groups -OCH3 is 2. The summed E-state index contributed by atoms with van der Waals surface area (Å²) in [5.41, 5.74) is 8.29. The molecule has 0 bridgehead atoms. The van der Waals surface area contributed by atoms with Gasteiger partial charge in [-0.2, -0.15) is 12.9 Å². The lowest BCUT2D eigenvalue weighted by Crippen LogP contribution is -2.47. The first-order chi connectivity index (χ1) is 45.3. The summed E-state index contributed by atoms with van der Waals surface area (Å²) >= 11 is 3.51. The number of rotatable bonds is 14. The molecule has 4 heterocycles. The summed E-state index contributed by atoms with van der Waals surface area (Å²) in [4.78, 5) is 8.35. The smallest absolute Gasteiger partial charge is 0.247 e. The molecule has 94 heavy (non-hydrogen) atoms. The number of benzene rings is 8. The molecule has 12 rings (SSSR count). The molecule has 3 aliphatic heterocycles. The van der Waals surface area contributed by atoms with E-state index in [0.717, 1.165) is 54.4 Å². The van der Waals surface area contributed by atoms with Gasteiger partial charge in [-0.1, -0.05) is 173 Å². The van der Waals surface area contributed by atoms with Gasteiger partial charge in [-0.3, -0.25) is 4.98 Å². The fourth-order valence-corrected chi connectivity index (χ4v) is 17.2. The van der Waals surface area contributed by atoms with Gasteiger partial charge in [0.1, 0.15) is 26.2 Å². The SMILES string of the molecule is CC(C)(C)OC[C@@H]1COCc2ccccc2CN1S(=O)(=O)c1cccc2cccnc12.COc1ccccc1S(=O)(=O)N1Cc2ccccc2COCC1Cc1cccc(Br)c1.[C-]#[N+]c1cccc(CC2COCc3ccccc3CN2S(=O)(=O)c2ccccc2OC)c1. The number of pyridine rings is 1. The molecule has 490 valence electrons. The van der Waals surface area contributed by atoms with Crippen molar-refractivity contribution < 1.29 is 53.7 Å². The minimum Gasteiger partial charge on any atom is -0.495 e. The van der Waals surface area contributed by atoms with Crippen LogP contribution in [0.1, 0.15) is 65.3 Å². The second-order valence-corrected chi connectivity index (χ2v) is 30.3. The number of ether oxygens (including phenoxy) is 6. The molecule has 0 fully saturated rings. The average Bonchev–Trinajstić information content (AvgIpc) is 0.783. The van der Waals surface area contributed by atoms with Gasteiger partial charge in [-0.05, 0) is 121 Å². The van der Waals surface area contributed by atoms with Crippen LogP contribution in [0.3, 0.4) is 0 Å². The molecule has 3 atom stereocenters. The Balaban J connectivity index is 0.000000154. The highest BCUT2D eigenvalue weighted by Crippen LogP contribution is 2.36. The van der Waals surface area contributed by atoms with Crippen molar-refractivity contribution in [3.63, 3.8) is 0 Å². The molecule has 0 N–H and O–H groups in total. The van der Waals surface area contributed by atoms with Gasteiger partial charge in [0.05, 0.1) is 96.3 Å². The quantitative estimate of drug-likeness (QED) is 0.0938. The van der Waals surface area contributed by atoms with Crippen LogP contribution >= 0.6 is 15.9 Å². The molecular formula is C73H76BrN5O12S3. The van der Waals surface area contributed by atoms with Crippen molar-refractivity contribution in [3.8, 4) is 11.5 Å². The van der Waals surface area contributed by atoms with Crippen molar-refractivity contribution in [2.45, 2.75) is 111 Å². The van der Waals surface area contributed by atoms with Crippen LogP contribution in [0, 0.1) is 6.57 Å². The Morgan fingerprint density at radius 3 is 1.38 bits per heavy atom. The summed E-state index contributed by atoms with van der Waals surface area (Å²) in [5, 5.41) is 0.787. The number of fused-ring (bicyclic) bond motifs is 4. The van der Waals surface area contributed by atoms with Gasteiger partial charge in [0.25, 0.3) is 0 Å². The molecule has 3 aliphatic rings. The van der Waals surface area contributed by atoms with E-state index in [1.807, 2.05) is 142 Å². The maximum absolute atomic E-state index is 14.0. The van der Waals surface area contributed by atoms with E-state index in [0.29, 0.717) is 62.0 Å². The summed E-state index contributed by atoms with van der Waals surface area (Å²) in [6.07, 6.45) is 2.59. The summed E-state index contributed by atoms with van der Waals surface area (Å²) in [5.74, 6) is 0.637. The van der Waals surface area contributed by atoms with E-state index < -0.39 is 47.8 Å². The van der Waals surface area contributed by atoms with Crippen LogP contribution in [-0.4, -0.2) is 108 Å². The maximum Gasteiger partial charge on any atom is 0.247 e. The average molecular weight is 1390 g/mol. The van der Waals surface area contributed by atoms with Gasteiger partial charge < -0.3 is 28.4 Å². The molecule has 0 saturated heterocycles. The molecule has 21 heteroatoms. The normalized spacial score (nSPS) is 17.6. The van der Waals surface area contributed by atoms with E-state index in [1.165, 1.54) is 22.8 Å². The summed E-state index contributed by atoms with van der Waals surface area (Å²) in [7, 11) is -8.68. The van der Waals surface area contributed by atoms with E-state index in [-0.39, 0.29) is 60.2 Å². The topological polar surface area (TPSA) is 185 Å². The fraction of sp³-hybridized carbons (Fsp3) is 0.288. The molecule has 2 unspecified atom stereocenters. The first kappa shape index (κ1) is 69.1. The molecule has 0 amide bonds. The van der Waals surface area contributed by atoms with Gasteiger partial charge in [-0.15, -0.1) is 0 Å². The summed E-state index contributed by atoms with van der Waals surface area (Å²) in [6, 6.07) is 59.6. The molecular weight excluding hydrogens is 1310 g/mol. The third-order valence-corrected chi connectivity index (χ3v) is 22.6. The van der Waals surface area contributed by atoms with Crippen LogP contribution in [0.25, 0.3) is 15.7 Å². The van der Waals surface area contributed by atoms with Crippen LogP contribution in [0.4, 0.5) is 5.69 Å². The van der Waals surface area contributed by atoms with Crippen LogP contribution < -0.4 is 9.47 Å². The zero-order valence-electron chi connectivity index (χ0n) is 53.1. The lowest BCUT2D eigenvalue weighted by molar-refractivity contribution is -0.0459. The lowest BCUT2D eigenvalue weighted by atomic mass is 10.0. The number of sulfonamides is 3. The monoisotopic (exact) mass is 1390 g/mol. The first-order valence-electron chi connectivity index (χ1n) is 30.7. The van der Waals surface area contributed by atoms with E-state index in [9.17, 15) is 25.3 Å². The molecule has 0 aliphatic carbocycles. The third-order valence-electron chi connectivity index (χ3n) is 16.3. The Morgan fingerprint density at radius 1 is 0.500 bits per heavy atom. The lowest BCUT2D eigenvalue weighted by Gasteiger charge is -2.35. The van der Waals surface area contributed by atoms with Gasteiger partial charge in [0.2, 0.25) is 30.1 Å². The molecule has 9 aromatic rings. The second kappa shape index (κ2) is 31.2. The predicted octanol–water partition coefficient (Wildman–Crippen LogP) is 13.5. The number of aromatic nitrogens is 1. The Bertz CT molecular complexity index is 4480. The highest BCUT2D eigenvalue weighted by Gasteiger charge is 2.39. The zero-order chi connectivity index (χ0) is 66.5. The standard InChI is InChI=1S/C25H24N2O4S.C24H24BrNO4S.C24H28N2O4S/c1-26-22-11-7-8-19(14-22)15-23-18-31-17-21-10-4-3-9-20(21)16-27(23)32(28,29)25-13-6-5-12-24(25)30-2;1-29-23-11-4-5-12-24(23)31(27,28)26-15-19-8-2-3-9-20(19)16-30-17-22(26)14-18-7-6-10-21(25)13-18;1-24(2,3)30-17-21-16-29-15-20-9-5-4-8-19(20)14-26(21)31(27,28)22-12-6-10-18-11-7-13-25-23(18)22/h3-14,23H,15-18H2,2H3;2-13,22H,14-17H2,1H3;4-13,21H,14-17H2,1-3H3/t;;21-/m..0/s1. The molecule has 0 saturated carbocycles. The number of halogens is 1. The zero-order valence-corrected chi connectivity index (χ0v) is 57.1. The number of hydrogen-bond donors (Lipinski definition) is 0. The molecule has 1 aromatic heterocycles.